The minimum absolute atomic E-state index is 0.0259. The van der Waals surface area contributed by atoms with Crippen molar-refractivity contribution in [2.45, 2.75) is 59.7 Å². The molecule has 2 rings (SSSR count). The second-order valence-electron chi connectivity index (χ2n) is 7.31. The summed E-state index contributed by atoms with van der Waals surface area (Å²) in [5.74, 6) is 0. The highest BCUT2D eigenvalue weighted by Crippen LogP contribution is 2.21. The Bertz CT molecular complexity index is 621. The molecule has 0 saturated carbocycles. The number of urea groups is 1. The first-order chi connectivity index (χ1) is 12.2. The first-order valence-electron chi connectivity index (χ1n) is 9.19. The predicted molar refractivity (Wildman–Crippen MR) is 104 cm³/mol. The van der Waals surface area contributed by atoms with Crippen LogP contribution in [0.1, 0.15) is 51.3 Å². The fourth-order valence-corrected chi connectivity index (χ4v) is 2.65. The zero-order valence-corrected chi connectivity index (χ0v) is 17.2. The second-order valence-corrected chi connectivity index (χ2v) is 7.31. The maximum atomic E-state index is 12.1. The minimum Gasteiger partial charge on any atom is -0.444 e. The van der Waals surface area contributed by atoms with Crippen molar-refractivity contribution in [2.24, 2.45) is 0 Å². The number of hydrogen-bond donors (Lipinski definition) is 1. The average molecular weight is 364 g/mol. The molecule has 0 radical (unpaired) electrons. The van der Waals surface area contributed by atoms with Crippen LogP contribution >= 0.6 is 0 Å². The standard InChI is InChI=1S/C18H27N3O3.C2H6/c1-18(2,3)24-16(22)19-11-13-6-7-14-8-9-21(12-15(14)10-13)17(23)20(4)5;1-2/h6-7,10H,8-9,11-12H2,1-5H3,(H,19,22);1-2H3. The lowest BCUT2D eigenvalue weighted by Crippen LogP contribution is -2.42. The molecule has 1 aromatic rings. The Kier molecular flexibility index (Phi) is 7.93. The largest absolute Gasteiger partial charge is 0.444 e. The number of ether oxygens (including phenoxy) is 1. The number of nitrogens with zero attached hydrogens (tertiary/aromatic N) is 2. The van der Waals surface area contributed by atoms with E-state index >= 15 is 0 Å². The Labute approximate surface area is 157 Å². The monoisotopic (exact) mass is 363 g/mol. The number of benzene rings is 1. The maximum Gasteiger partial charge on any atom is 0.407 e. The molecule has 0 unspecified atom stereocenters. The lowest BCUT2D eigenvalue weighted by atomic mass is 9.97. The number of alkyl carbamates (subject to hydrolysis) is 1. The normalized spacial score (nSPS) is 13.1. The Hall–Kier alpha value is -2.24. The van der Waals surface area contributed by atoms with E-state index in [1.54, 1.807) is 19.0 Å². The molecule has 1 aliphatic heterocycles. The molecule has 1 heterocycles. The molecule has 146 valence electrons. The second kappa shape index (κ2) is 9.46. The Morgan fingerprint density at radius 3 is 2.42 bits per heavy atom. The van der Waals surface area contributed by atoms with Crippen molar-refractivity contribution < 1.29 is 14.3 Å². The summed E-state index contributed by atoms with van der Waals surface area (Å²) in [6.07, 6.45) is 0.430. The number of fused-ring (bicyclic) bond motifs is 1. The lowest BCUT2D eigenvalue weighted by molar-refractivity contribution is 0.0523. The first kappa shape index (κ1) is 21.8. The molecule has 0 saturated heterocycles. The molecule has 3 amide bonds. The summed E-state index contributed by atoms with van der Waals surface area (Å²) in [4.78, 5) is 27.3. The van der Waals surface area contributed by atoms with Crippen LogP contribution in [-0.2, 0) is 24.2 Å². The van der Waals surface area contributed by atoms with Crippen LogP contribution in [0.2, 0.25) is 0 Å². The zero-order valence-electron chi connectivity index (χ0n) is 17.2. The van der Waals surface area contributed by atoms with Gasteiger partial charge < -0.3 is 19.9 Å². The van der Waals surface area contributed by atoms with Crippen LogP contribution in [0.5, 0.6) is 0 Å². The van der Waals surface area contributed by atoms with Gasteiger partial charge in [0.05, 0.1) is 0 Å². The number of nitrogens with one attached hydrogen (secondary N) is 1. The van der Waals surface area contributed by atoms with Crippen molar-refractivity contribution in [3.05, 3.63) is 34.9 Å². The summed E-state index contributed by atoms with van der Waals surface area (Å²) < 4.78 is 5.24. The number of carbonyl (C=O) groups is 2. The summed E-state index contributed by atoms with van der Waals surface area (Å²) in [7, 11) is 3.53. The van der Waals surface area contributed by atoms with E-state index in [9.17, 15) is 9.59 Å². The summed E-state index contributed by atoms with van der Waals surface area (Å²) in [5.41, 5.74) is 2.89. The third-order valence-electron chi connectivity index (χ3n) is 3.77. The van der Waals surface area contributed by atoms with E-state index in [0.29, 0.717) is 13.1 Å². The van der Waals surface area contributed by atoms with Crippen molar-refractivity contribution in [1.29, 1.82) is 0 Å². The van der Waals surface area contributed by atoms with Crippen molar-refractivity contribution in [3.8, 4) is 0 Å². The van der Waals surface area contributed by atoms with Gasteiger partial charge in [0.15, 0.2) is 0 Å². The van der Waals surface area contributed by atoms with Crippen molar-refractivity contribution in [1.82, 2.24) is 15.1 Å². The topological polar surface area (TPSA) is 61.9 Å². The fourth-order valence-electron chi connectivity index (χ4n) is 2.65. The molecule has 0 aliphatic carbocycles. The Balaban J connectivity index is 0.00000163. The molecule has 1 N–H and O–H groups in total. The van der Waals surface area contributed by atoms with E-state index in [4.69, 9.17) is 4.74 Å². The molecule has 0 spiro atoms. The van der Waals surface area contributed by atoms with Gasteiger partial charge in [0.2, 0.25) is 0 Å². The number of amides is 3. The van der Waals surface area contributed by atoms with Gasteiger partial charge in [-0.2, -0.15) is 0 Å². The van der Waals surface area contributed by atoms with E-state index < -0.39 is 11.7 Å². The van der Waals surface area contributed by atoms with Crippen LogP contribution in [-0.4, -0.2) is 48.2 Å². The number of hydrogen-bond acceptors (Lipinski definition) is 3. The Morgan fingerprint density at radius 2 is 1.85 bits per heavy atom. The van der Waals surface area contributed by atoms with E-state index in [1.165, 1.54) is 5.56 Å². The number of rotatable bonds is 2. The fraction of sp³-hybridized carbons (Fsp3) is 0.600. The minimum atomic E-state index is -0.507. The van der Waals surface area contributed by atoms with E-state index in [-0.39, 0.29) is 6.03 Å². The zero-order chi connectivity index (χ0) is 19.9. The van der Waals surface area contributed by atoms with Crippen LogP contribution in [0, 0.1) is 0 Å². The third-order valence-corrected chi connectivity index (χ3v) is 3.77. The number of carbonyl (C=O) groups excluding carboxylic acids is 2. The molecule has 0 bridgehead atoms. The summed E-state index contributed by atoms with van der Waals surface area (Å²) in [6, 6.07) is 6.18. The Morgan fingerprint density at radius 1 is 1.19 bits per heavy atom. The molecular weight excluding hydrogens is 330 g/mol. The van der Waals surface area contributed by atoms with Crippen LogP contribution in [0.25, 0.3) is 0 Å². The third kappa shape index (κ3) is 6.58. The van der Waals surface area contributed by atoms with Crippen LogP contribution < -0.4 is 5.32 Å². The summed E-state index contributed by atoms with van der Waals surface area (Å²) in [5, 5.41) is 2.76. The quantitative estimate of drug-likeness (QED) is 0.870. The highest BCUT2D eigenvalue weighted by Gasteiger charge is 2.22. The smallest absolute Gasteiger partial charge is 0.407 e. The van der Waals surface area contributed by atoms with E-state index in [0.717, 1.165) is 24.1 Å². The van der Waals surface area contributed by atoms with Gasteiger partial charge in [-0.3, -0.25) is 0 Å². The van der Waals surface area contributed by atoms with Gasteiger partial charge in [-0.15, -0.1) is 0 Å². The maximum absolute atomic E-state index is 12.1. The van der Waals surface area contributed by atoms with Crippen molar-refractivity contribution >= 4 is 12.1 Å². The van der Waals surface area contributed by atoms with Crippen LogP contribution in [0.3, 0.4) is 0 Å². The van der Waals surface area contributed by atoms with Crippen molar-refractivity contribution in [3.63, 3.8) is 0 Å². The first-order valence-corrected chi connectivity index (χ1v) is 9.19. The molecule has 0 aromatic heterocycles. The van der Waals surface area contributed by atoms with E-state index in [1.807, 2.05) is 45.6 Å². The van der Waals surface area contributed by atoms with Crippen LogP contribution in [0.4, 0.5) is 9.59 Å². The van der Waals surface area contributed by atoms with Gasteiger partial charge in [0.1, 0.15) is 5.60 Å². The summed E-state index contributed by atoms with van der Waals surface area (Å²) >= 11 is 0. The lowest BCUT2D eigenvalue weighted by Gasteiger charge is -2.31. The highest BCUT2D eigenvalue weighted by atomic mass is 16.6. The van der Waals surface area contributed by atoms with Gasteiger partial charge in [-0.05, 0) is 43.9 Å². The SMILES string of the molecule is CC.CN(C)C(=O)N1CCc2ccc(CNC(=O)OC(C)(C)C)cc2C1. The van der Waals surface area contributed by atoms with Crippen LogP contribution in [0.15, 0.2) is 18.2 Å². The molecule has 0 fully saturated rings. The van der Waals surface area contributed by atoms with Gasteiger partial charge in [-0.25, -0.2) is 9.59 Å². The van der Waals surface area contributed by atoms with Gasteiger partial charge in [-0.1, -0.05) is 32.0 Å². The molecular formula is C20H33N3O3. The molecule has 26 heavy (non-hydrogen) atoms. The van der Waals surface area contributed by atoms with Crippen molar-refractivity contribution in [2.75, 3.05) is 20.6 Å². The van der Waals surface area contributed by atoms with E-state index in [2.05, 4.69) is 17.4 Å². The average Bonchev–Trinajstić information content (AvgIpc) is 2.58. The summed E-state index contributed by atoms with van der Waals surface area (Å²) in [6.45, 7) is 11.3. The molecule has 6 nitrogen and oxygen atoms in total. The highest BCUT2D eigenvalue weighted by molar-refractivity contribution is 5.74. The van der Waals surface area contributed by atoms with Gasteiger partial charge >= 0.3 is 12.1 Å². The van der Waals surface area contributed by atoms with Gasteiger partial charge in [0, 0.05) is 33.7 Å². The molecule has 6 heteroatoms. The molecule has 1 aliphatic rings. The molecule has 0 atom stereocenters. The molecule has 1 aromatic carbocycles. The van der Waals surface area contributed by atoms with Gasteiger partial charge in [0.25, 0.3) is 0 Å². The predicted octanol–water partition coefficient (Wildman–Crippen LogP) is 3.78.